The van der Waals surface area contributed by atoms with Crippen LogP contribution in [0.4, 0.5) is 4.79 Å². The summed E-state index contributed by atoms with van der Waals surface area (Å²) in [6, 6.07) is -0.263. The lowest BCUT2D eigenvalue weighted by atomic mass is 9.83. The van der Waals surface area contributed by atoms with Gasteiger partial charge in [-0.3, -0.25) is 0 Å². The Balaban J connectivity index is 2.58. The second kappa shape index (κ2) is 8.42. The topological polar surface area (TPSA) is 58.6 Å². The van der Waals surface area contributed by atoms with Gasteiger partial charge in [0.05, 0.1) is 12.1 Å². The van der Waals surface area contributed by atoms with Gasteiger partial charge in [0.2, 0.25) is 0 Å². The van der Waals surface area contributed by atoms with Crippen LogP contribution in [0.3, 0.4) is 0 Å². The molecule has 2 atom stereocenters. The van der Waals surface area contributed by atoms with E-state index in [1.165, 1.54) is 32.1 Å². The third-order valence-electron chi connectivity index (χ3n) is 3.89. The van der Waals surface area contributed by atoms with Crippen LogP contribution in [0.5, 0.6) is 0 Å². The summed E-state index contributed by atoms with van der Waals surface area (Å²) in [4.78, 5) is 11.9. The van der Waals surface area contributed by atoms with E-state index in [0.717, 1.165) is 6.42 Å². The molecule has 4 nitrogen and oxygen atoms in total. The molecule has 0 aromatic rings. The molecule has 21 heavy (non-hydrogen) atoms. The number of carbonyl (C=O) groups excluding carboxylic acids is 1. The SMILES string of the molecule is C=CC[C@H](O)[C@H](CC1CCCCC1)NC(=O)OC(C)(C)C. The van der Waals surface area contributed by atoms with Gasteiger partial charge in [-0.05, 0) is 39.5 Å². The van der Waals surface area contributed by atoms with E-state index < -0.39 is 17.8 Å². The van der Waals surface area contributed by atoms with Crippen LogP contribution in [-0.4, -0.2) is 28.9 Å². The minimum atomic E-state index is -0.600. The van der Waals surface area contributed by atoms with E-state index in [1.807, 2.05) is 20.8 Å². The van der Waals surface area contributed by atoms with Gasteiger partial charge in [-0.1, -0.05) is 38.2 Å². The quantitative estimate of drug-likeness (QED) is 0.733. The summed E-state index contributed by atoms with van der Waals surface area (Å²) >= 11 is 0. The molecule has 1 aliphatic rings. The Bertz CT molecular complexity index is 329. The molecule has 0 bridgehead atoms. The number of carbonyl (C=O) groups is 1. The van der Waals surface area contributed by atoms with E-state index in [1.54, 1.807) is 6.08 Å². The van der Waals surface area contributed by atoms with Gasteiger partial charge in [0, 0.05) is 0 Å². The largest absolute Gasteiger partial charge is 0.444 e. The van der Waals surface area contributed by atoms with Gasteiger partial charge in [-0.2, -0.15) is 0 Å². The van der Waals surface area contributed by atoms with Crippen LogP contribution in [0.2, 0.25) is 0 Å². The van der Waals surface area contributed by atoms with Crippen LogP contribution in [0.15, 0.2) is 12.7 Å². The van der Waals surface area contributed by atoms with Crippen molar-refractivity contribution in [2.75, 3.05) is 0 Å². The number of alkyl carbamates (subject to hydrolysis) is 1. The first-order valence-corrected chi connectivity index (χ1v) is 8.10. The summed E-state index contributed by atoms with van der Waals surface area (Å²) in [6.45, 7) is 9.17. The summed E-state index contributed by atoms with van der Waals surface area (Å²) in [7, 11) is 0. The van der Waals surface area contributed by atoms with Gasteiger partial charge in [0.15, 0.2) is 0 Å². The van der Waals surface area contributed by atoms with Crippen molar-refractivity contribution in [3.05, 3.63) is 12.7 Å². The molecule has 1 amide bonds. The van der Waals surface area contributed by atoms with E-state index in [0.29, 0.717) is 12.3 Å². The fraction of sp³-hybridized carbons (Fsp3) is 0.824. The highest BCUT2D eigenvalue weighted by atomic mass is 16.6. The van der Waals surface area contributed by atoms with Crippen LogP contribution in [-0.2, 0) is 4.74 Å². The van der Waals surface area contributed by atoms with Crippen molar-refractivity contribution in [3.8, 4) is 0 Å². The number of ether oxygens (including phenoxy) is 1. The number of hydrogen-bond acceptors (Lipinski definition) is 3. The number of aliphatic hydroxyl groups excluding tert-OH is 1. The summed E-state index contributed by atoms with van der Waals surface area (Å²) in [5.74, 6) is 0.582. The maximum absolute atomic E-state index is 11.9. The second-order valence-electron chi connectivity index (χ2n) is 7.08. The van der Waals surface area contributed by atoms with Gasteiger partial charge >= 0.3 is 6.09 Å². The van der Waals surface area contributed by atoms with Crippen molar-refractivity contribution in [1.82, 2.24) is 5.32 Å². The van der Waals surface area contributed by atoms with Crippen molar-refractivity contribution in [2.45, 2.75) is 83.5 Å². The highest BCUT2D eigenvalue weighted by Gasteiger charge is 2.27. The highest BCUT2D eigenvalue weighted by Crippen LogP contribution is 2.28. The molecule has 0 radical (unpaired) electrons. The Morgan fingerprint density at radius 2 is 2.00 bits per heavy atom. The zero-order valence-corrected chi connectivity index (χ0v) is 13.7. The molecule has 0 aromatic carbocycles. The van der Waals surface area contributed by atoms with Gasteiger partial charge in [-0.15, -0.1) is 6.58 Å². The Morgan fingerprint density at radius 1 is 1.38 bits per heavy atom. The molecular weight excluding hydrogens is 266 g/mol. The molecule has 2 N–H and O–H groups in total. The molecular formula is C17H31NO3. The molecule has 1 saturated carbocycles. The van der Waals surface area contributed by atoms with E-state index in [-0.39, 0.29) is 6.04 Å². The van der Waals surface area contributed by atoms with Crippen molar-refractivity contribution >= 4 is 6.09 Å². The summed E-state index contributed by atoms with van der Waals surface area (Å²) in [6.07, 6.45) is 8.11. The molecule has 4 heteroatoms. The fourth-order valence-electron chi connectivity index (χ4n) is 2.89. The van der Waals surface area contributed by atoms with Crippen LogP contribution in [0.1, 0.15) is 65.7 Å². The number of amides is 1. The molecule has 0 unspecified atom stereocenters. The molecule has 0 spiro atoms. The number of rotatable bonds is 6. The van der Waals surface area contributed by atoms with Crippen LogP contribution >= 0.6 is 0 Å². The molecule has 1 aliphatic carbocycles. The van der Waals surface area contributed by atoms with Gasteiger partial charge in [0.25, 0.3) is 0 Å². The van der Waals surface area contributed by atoms with Crippen LogP contribution < -0.4 is 5.32 Å². The molecule has 122 valence electrons. The molecule has 0 heterocycles. The first-order chi connectivity index (χ1) is 9.81. The van der Waals surface area contributed by atoms with E-state index in [2.05, 4.69) is 11.9 Å². The highest BCUT2D eigenvalue weighted by molar-refractivity contribution is 5.68. The molecule has 0 aliphatic heterocycles. The minimum Gasteiger partial charge on any atom is -0.444 e. The van der Waals surface area contributed by atoms with Gasteiger partial charge < -0.3 is 15.2 Å². The molecule has 1 rings (SSSR count). The predicted octanol–water partition coefficient (Wildman–Crippen LogP) is 3.79. The van der Waals surface area contributed by atoms with Crippen molar-refractivity contribution in [3.63, 3.8) is 0 Å². The van der Waals surface area contributed by atoms with Crippen LogP contribution in [0, 0.1) is 5.92 Å². The third-order valence-corrected chi connectivity index (χ3v) is 3.89. The maximum Gasteiger partial charge on any atom is 0.407 e. The first kappa shape index (κ1) is 18.0. The Morgan fingerprint density at radius 3 is 2.52 bits per heavy atom. The molecule has 0 aromatic heterocycles. The Kier molecular flexibility index (Phi) is 7.23. The predicted molar refractivity (Wildman–Crippen MR) is 85.2 cm³/mol. The molecule has 1 fully saturated rings. The number of hydrogen-bond donors (Lipinski definition) is 2. The monoisotopic (exact) mass is 297 g/mol. The lowest BCUT2D eigenvalue weighted by Crippen LogP contribution is -2.46. The average molecular weight is 297 g/mol. The lowest BCUT2D eigenvalue weighted by molar-refractivity contribution is 0.0395. The lowest BCUT2D eigenvalue weighted by Gasteiger charge is -2.30. The second-order valence-corrected chi connectivity index (χ2v) is 7.08. The fourth-order valence-corrected chi connectivity index (χ4v) is 2.89. The van der Waals surface area contributed by atoms with Crippen molar-refractivity contribution in [1.29, 1.82) is 0 Å². The van der Waals surface area contributed by atoms with Crippen molar-refractivity contribution < 1.29 is 14.6 Å². The maximum atomic E-state index is 11.9. The van der Waals surface area contributed by atoms with Gasteiger partial charge in [-0.25, -0.2) is 4.79 Å². The van der Waals surface area contributed by atoms with Crippen LogP contribution in [0.25, 0.3) is 0 Å². The smallest absolute Gasteiger partial charge is 0.407 e. The Hall–Kier alpha value is -1.03. The van der Waals surface area contributed by atoms with Gasteiger partial charge in [0.1, 0.15) is 5.60 Å². The average Bonchev–Trinajstić information content (AvgIpc) is 2.37. The third kappa shape index (κ3) is 7.51. The summed E-state index contributed by atoms with van der Waals surface area (Å²) in [5.41, 5.74) is -0.525. The standard InChI is InChI=1S/C17H31NO3/c1-5-9-15(19)14(12-13-10-7-6-8-11-13)18-16(20)21-17(2,3)4/h5,13-15,19H,1,6-12H2,2-4H3,(H,18,20)/t14-,15-/m0/s1. The normalized spacial score (nSPS) is 19.6. The minimum absolute atomic E-state index is 0.263. The number of aliphatic hydroxyl groups is 1. The zero-order valence-electron chi connectivity index (χ0n) is 13.7. The zero-order chi connectivity index (χ0) is 15.9. The summed E-state index contributed by atoms with van der Waals surface area (Å²) < 4.78 is 5.30. The van der Waals surface area contributed by atoms with E-state index in [4.69, 9.17) is 4.74 Å². The van der Waals surface area contributed by atoms with Crippen molar-refractivity contribution in [2.24, 2.45) is 5.92 Å². The van der Waals surface area contributed by atoms with E-state index >= 15 is 0 Å². The summed E-state index contributed by atoms with van der Waals surface area (Å²) in [5, 5.41) is 13.1. The molecule has 0 saturated heterocycles. The Labute approximate surface area is 129 Å². The number of nitrogens with one attached hydrogen (secondary N) is 1. The first-order valence-electron chi connectivity index (χ1n) is 8.10. The van der Waals surface area contributed by atoms with E-state index in [9.17, 15) is 9.90 Å².